The monoisotopic (exact) mass is 378 g/mol. The molecule has 2 rings (SSSR count). The van der Waals surface area contributed by atoms with Crippen molar-refractivity contribution in [2.45, 2.75) is 31.8 Å². The van der Waals surface area contributed by atoms with E-state index in [2.05, 4.69) is 40.1 Å². The maximum atomic E-state index is 12.2. The summed E-state index contributed by atoms with van der Waals surface area (Å²) in [5.74, 6) is -0.0394. The average molecular weight is 379 g/mol. The number of piperidine rings is 1. The Morgan fingerprint density at radius 2 is 2.33 bits per heavy atom. The van der Waals surface area contributed by atoms with Gasteiger partial charge in [-0.25, -0.2) is 0 Å². The van der Waals surface area contributed by atoms with Crippen molar-refractivity contribution in [1.82, 2.24) is 10.6 Å². The van der Waals surface area contributed by atoms with Gasteiger partial charge in [-0.2, -0.15) is 0 Å². The summed E-state index contributed by atoms with van der Waals surface area (Å²) in [7, 11) is 0. The second kappa shape index (κ2) is 6.21. The minimum Gasteiger partial charge on any atom is -0.348 e. The van der Waals surface area contributed by atoms with Crippen LogP contribution < -0.4 is 10.6 Å². The SMILES string of the molecule is CC1NCCCC1NC(=O)c1cc(Cl)ccc1I. The van der Waals surface area contributed by atoms with E-state index in [1.807, 2.05) is 6.07 Å². The van der Waals surface area contributed by atoms with Gasteiger partial charge < -0.3 is 10.6 Å². The molecule has 1 aliphatic heterocycles. The fourth-order valence-electron chi connectivity index (χ4n) is 2.16. The van der Waals surface area contributed by atoms with Crippen molar-refractivity contribution in [3.05, 3.63) is 32.4 Å². The van der Waals surface area contributed by atoms with Gasteiger partial charge in [0.05, 0.1) is 5.56 Å². The largest absolute Gasteiger partial charge is 0.348 e. The van der Waals surface area contributed by atoms with E-state index in [-0.39, 0.29) is 11.9 Å². The van der Waals surface area contributed by atoms with Crippen LogP contribution in [0.4, 0.5) is 0 Å². The Hall–Kier alpha value is -0.330. The summed E-state index contributed by atoms with van der Waals surface area (Å²) >= 11 is 8.09. The van der Waals surface area contributed by atoms with E-state index < -0.39 is 0 Å². The predicted octanol–water partition coefficient (Wildman–Crippen LogP) is 2.81. The first kappa shape index (κ1) is 14.1. The molecule has 2 N–H and O–H groups in total. The van der Waals surface area contributed by atoms with Crippen molar-refractivity contribution >= 4 is 40.1 Å². The van der Waals surface area contributed by atoms with Crippen molar-refractivity contribution < 1.29 is 4.79 Å². The minimum absolute atomic E-state index is 0.0394. The first-order chi connectivity index (χ1) is 8.58. The third-order valence-corrected chi connectivity index (χ3v) is 4.43. The summed E-state index contributed by atoms with van der Waals surface area (Å²) in [5.41, 5.74) is 0.654. The highest BCUT2D eigenvalue weighted by Crippen LogP contribution is 2.18. The third kappa shape index (κ3) is 3.36. The Balaban J connectivity index is 2.09. The van der Waals surface area contributed by atoms with Gasteiger partial charge in [-0.3, -0.25) is 4.79 Å². The van der Waals surface area contributed by atoms with E-state index in [1.165, 1.54) is 0 Å². The Morgan fingerprint density at radius 1 is 1.56 bits per heavy atom. The molecule has 1 amide bonds. The molecular weight excluding hydrogens is 363 g/mol. The van der Waals surface area contributed by atoms with E-state index in [9.17, 15) is 4.79 Å². The molecule has 0 aromatic heterocycles. The number of carbonyl (C=O) groups excluding carboxylic acids is 1. The van der Waals surface area contributed by atoms with Crippen LogP contribution in [0.5, 0.6) is 0 Å². The quantitative estimate of drug-likeness (QED) is 0.777. The molecule has 1 fully saturated rings. The number of hydrogen-bond donors (Lipinski definition) is 2. The Bertz CT molecular complexity index is 453. The molecule has 98 valence electrons. The highest BCUT2D eigenvalue weighted by Gasteiger charge is 2.23. The third-order valence-electron chi connectivity index (χ3n) is 3.25. The maximum Gasteiger partial charge on any atom is 0.252 e. The molecule has 1 aromatic carbocycles. The summed E-state index contributed by atoms with van der Waals surface area (Å²) in [5, 5.41) is 7.05. The van der Waals surface area contributed by atoms with Crippen LogP contribution in [0.2, 0.25) is 5.02 Å². The van der Waals surface area contributed by atoms with Crippen molar-refractivity contribution in [2.24, 2.45) is 0 Å². The number of hydrogen-bond acceptors (Lipinski definition) is 2. The second-order valence-electron chi connectivity index (χ2n) is 4.59. The van der Waals surface area contributed by atoms with Gasteiger partial charge in [0.25, 0.3) is 5.91 Å². The van der Waals surface area contributed by atoms with E-state index in [0.717, 1.165) is 23.0 Å². The molecule has 2 atom stereocenters. The van der Waals surface area contributed by atoms with Gasteiger partial charge in [0.15, 0.2) is 0 Å². The molecule has 0 bridgehead atoms. The van der Waals surface area contributed by atoms with Gasteiger partial charge in [0, 0.05) is 20.7 Å². The first-order valence-electron chi connectivity index (χ1n) is 6.07. The minimum atomic E-state index is -0.0394. The highest BCUT2D eigenvalue weighted by atomic mass is 127. The molecular formula is C13H16ClIN2O. The number of carbonyl (C=O) groups is 1. The Kier molecular flexibility index (Phi) is 4.86. The molecule has 18 heavy (non-hydrogen) atoms. The van der Waals surface area contributed by atoms with Gasteiger partial charge in [-0.05, 0) is 67.1 Å². The van der Waals surface area contributed by atoms with Gasteiger partial charge >= 0.3 is 0 Å². The summed E-state index contributed by atoms with van der Waals surface area (Å²) in [6.07, 6.45) is 2.12. The first-order valence-corrected chi connectivity index (χ1v) is 7.53. The Labute approximate surface area is 126 Å². The number of benzene rings is 1. The number of halogens is 2. The molecule has 0 spiro atoms. The lowest BCUT2D eigenvalue weighted by Crippen LogP contribution is -2.52. The standard InChI is InChI=1S/C13H16ClIN2O/c1-8-12(3-2-6-16-8)17-13(18)10-7-9(14)4-5-11(10)15/h4-5,7-8,12,16H,2-3,6H2,1H3,(H,17,18). The van der Waals surface area contributed by atoms with E-state index in [4.69, 9.17) is 11.6 Å². The zero-order valence-corrected chi connectivity index (χ0v) is 13.1. The molecule has 0 radical (unpaired) electrons. The predicted molar refractivity (Wildman–Crippen MR) is 82.1 cm³/mol. The fraction of sp³-hybridized carbons (Fsp3) is 0.462. The van der Waals surface area contributed by atoms with Crippen LogP contribution in [0.1, 0.15) is 30.1 Å². The van der Waals surface area contributed by atoms with Crippen LogP contribution in [0, 0.1) is 3.57 Å². The average Bonchev–Trinajstić information content (AvgIpc) is 2.35. The van der Waals surface area contributed by atoms with Crippen molar-refractivity contribution in [2.75, 3.05) is 6.54 Å². The lowest BCUT2D eigenvalue weighted by molar-refractivity contribution is 0.0919. The number of nitrogens with one attached hydrogen (secondary N) is 2. The van der Waals surface area contributed by atoms with Gasteiger partial charge in [-0.1, -0.05) is 11.6 Å². The summed E-state index contributed by atoms with van der Waals surface area (Å²) in [6, 6.07) is 5.89. The lowest BCUT2D eigenvalue weighted by atomic mass is 9.99. The molecule has 1 aromatic rings. The lowest BCUT2D eigenvalue weighted by Gasteiger charge is -2.30. The second-order valence-corrected chi connectivity index (χ2v) is 6.19. The fourth-order valence-corrected chi connectivity index (χ4v) is 2.91. The highest BCUT2D eigenvalue weighted by molar-refractivity contribution is 14.1. The Morgan fingerprint density at radius 3 is 3.06 bits per heavy atom. The van der Waals surface area contributed by atoms with Crippen LogP contribution >= 0.6 is 34.2 Å². The molecule has 0 aliphatic carbocycles. The van der Waals surface area contributed by atoms with E-state index in [1.54, 1.807) is 12.1 Å². The van der Waals surface area contributed by atoms with Crippen LogP contribution in [0.25, 0.3) is 0 Å². The number of rotatable bonds is 2. The number of amides is 1. The molecule has 0 saturated carbocycles. The van der Waals surface area contributed by atoms with Crippen LogP contribution in [0.15, 0.2) is 18.2 Å². The summed E-state index contributed by atoms with van der Waals surface area (Å²) < 4.78 is 0.922. The van der Waals surface area contributed by atoms with Crippen molar-refractivity contribution in [1.29, 1.82) is 0 Å². The van der Waals surface area contributed by atoms with Crippen LogP contribution in [-0.4, -0.2) is 24.5 Å². The zero-order chi connectivity index (χ0) is 13.1. The molecule has 2 unspecified atom stereocenters. The van der Waals surface area contributed by atoms with Crippen LogP contribution in [0.3, 0.4) is 0 Å². The van der Waals surface area contributed by atoms with Crippen molar-refractivity contribution in [3.63, 3.8) is 0 Å². The van der Waals surface area contributed by atoms with Crippen LogP contribution in [-0.2, 0) is 0 Å². The topological polar surface area (TPSA) is 41.1 Å². The smallest absolute Gasteiger partial charge is 0.252 e. The van der Waals surface area contributed by atoms with E-state index >= 15 is 0 Å². The van der Waals surface area contributed by atoms with E-state index in [0.29, 0.717) is 16.6 Å². The zero-order valence-electron chi connectivity index (χ0n) is 10.2. The summed E-state index contributed by atoms with van der Waals surface area (Å²) in [4.78, 5) is 12.2. The van der Waals surface area contributed by atoms with Crippen molar-refractivity contribution in [3.8, 4) is 0 Å². The van der Waals surface area contributed by atoms with Gasteiger partial charge in [-0.15, -0.1) is 0 Å². The molecule has 5 heteroatoms. The normalized spacial score (nSPS) is 23.7. The molecule has 1 saturated heterocycles. The van der Waals surface area contributed by atoms with Gasteiger partial charge in [0.2, 0.25) is 0 Å². The molecule has 1 aliphatic rings. The maximum absolute atomic E-state index is 12.2. The van der Waals surface area contributed by atoms with Gasteiger partial charge in [0.1, 0.15) is 0 Å². The summed E-state index contributed by atoms with van der Waals surface area (Å²) in [6.45, 7) is 3.13. The molecule has 3 nitrogen and oxygen atoms in total. The molecule has 1 heterocycles.